The number of fused-ring (bicyclic) bond motifs is 1. The zero-order chi connectivity index (χ0) is 20.1. The van der Waals surface area contributed by atoms with Crippen molar-refractivity contribution in [2.24, 2.45) is 0 Å². The van der Waals surface area contributed by atoms with Crippen molar-refractivity contribution in [3.63, 3.8) is 0 Å². The number of para-hydroxylation sites is 1. The van der Waals surface area contributed by atoms with Gasteiger partial charge in [-0.1, -0.05) is 42.1 Å². The molecule has 3 rings (SSSR count). The number of hydrogen-bond donors (Lipinski definition) is 1. The Balaban J connectivity index is 1.77. The van der Waals surface area contributed by atoms with E-state index < -0.39 is 5.25 Å². The number of hydrogen-bond acceptors (Lipinski definition) is 4. The molecule has 1 heterocycles. The van der Waals surface area contributed by atoms with Crippen molar-refractivity contribution in [2.45, 2.75) is 30.4 Å². The maximum Gasteiger partial charge on any atom is 0.262 e. The Morgan fingerprint density at radius 3 is 2.71 bits per heavy atom. The Morgan fingerprint density at radius 1 is 1.29 bits per heavy atom. The van der Waals surface area contributed by atoms with Crippen LogP contribution in [0.15, 0.2) is 71.1 Å². The lowest BCUT2D eigenvalue weighted by atomic mass is 10.2. The van der Waals surface area contributed by atoms with Gasteiger partial charge < -0.3 is 5.32 Å². The number of nitrogens with one attached hydrogen (secondary N) is 1. The molecule has 5 nitrogen and oxygen atoms in total. The van der Waals surface area contributed by atoms with Crippen LogP contribution in [-0.4, -0.2) is 20.7 Å². The second-order valence-corrected chi connectivity index (χ2v) is 7.53. The van der Waals surface area contributed by atoms with Crippen LogP contribution >= 0.6 is 11.8 Å². The highest BCUT2D eigenvalue weighted by molar-refractivity contribution is 8.00. The molecule has 0 spiro atoms. The summed E-state index contributed by atoms with van der Waals surface area (Å²) in [6, 6.07) is 13.1. The van der Waals surface area contributed by atoms with Gasteiger partial charge in [0.25, 0.3) is 5.56 Å². The Kier molecular flexibility index (Phi) is 6.26. The minimum Gasteiger partial charge on any atom is -0.351 e. The highest BCUT2D eigenvalue weighted by atomic mass is 32.2. The fourth-order valence-corrected chi connectivity index (χ4v) is 3.62. The molecule has 0 saturated heterocycles. The second kappa shape index (κ2) is 8.84. The fraction of sp³-hybridized carbons (Fsp3) is 0.190. The third-order valence-electron chi connectivity index (χ3n) is 4.17. The molecule has 0 aliphatic carbocycles. The van der Waals surface area contributed by atoms with E-state index in [-0.39, 0.29) is 17.3 Å². The van der Waals surface area contributed by atoms with Gasteiger partial charge in [-0.3, -0.25) is 14.2 Å². The third kappa shape index (κ3) is 4.48. The summed E-state index contributed by atoms with van der Waals surface area (Å²) in [5.74, 6) is -0.511. The minimum atomic E-state index is -0.468. The fourth-order valence-electron chi connectivity index (χ4n) is 2.67. The number of halogens is 1. The van der Waals surface area contributed by atoms with Gasteiger partial charge in [0.15, 0.2) is 5.16 Å². The molecule has 1 aromatic heterocycles. The van der Waals surface area contributed by atoms with E-state index in [4.69, 9.17) is 0 Å². The topological polar surface area (TPSA) is 64.0 Å². The molecular weight excluding hydrogens is 377 g/mol. The first-order valence-electron chi connectivity index (χ1n) is 8.79. The first kappa shape index (κ1) is 19.8. The van der Waals surface area contributed by atoms with Crippen molar-refractivity contribution in [3.8, 4) is 0 Å². The van der Waals surface area contributed by atoms with Crippen LogP contribution in [0.3, 0.4) is 0 Å². The molecule has 1 amide bonds. The van der Waals surface area contributed by atoms with Crippen LogP contribution in [-0.2, 0) is 17.9 Å². The van der Waals surface area contributed by atoms with Gasteiger partial charge >= 0.3 is 0 Å². The number of amides is 1. The minimum absolute atomic E-state index is 0.160. The monoisotopic (exact) mass is 397 g/mol. The van der Waals surface area contributed by atoms with Crippen LogP contribution in [0.5, 0.6) is 0 Å². The SMILES string of the molecule is C=CCn1c(S[C@@H](C)C(=O)NCc2ccc(F)cc2)nc2ccccc2c1=O. The first-order valence-corrected chi connectivity index (χ1v) is 9.67. The van der Waals surface area contributed by atoms with Crippen LogP contribution in [0.2, 0.25) is 0 Å². The van der Waals surface area contributed by atoms with E-state index in [2.05, 4.69) is 16.9 Å². The van der Waals surface area contributed by atoms with Gasteiger partial charge in [-0.25, -0.2) is 9.37 Å². The average molecular weight is 397 g/mol. The lowest BCUT2D eigenvalue weighted by Gasteiger charge is -2.15. The Labute approximate surface area is 166 Å². The van der Waals surface area contributed by atoms with E-state index in [0.717, 1.165) is 5.56 Å². The molecule has 3 aromatic rings. The highest BCUT2D eigenvalue weighted by Crippen LogP contribution is 2.22. The number of aromatic nitrogens is 2. The molecule has 0 aliphatic heterocycles. The first-order chi connectivity index (χ1) is 13.5. The smallest absolute Gasteiger partial charge is 0.262 e. The van der Waals surface area contributed by atoms with Crippen molar-refractivity contribution in [3.05, 3.63) is 82.9 Å². The number of rotatable bonds is 7. The number of thioether (sulfide) groups is 1. The zero-order valence-electron chi connectivity index (χ0n) is 15.4. The van der Waals surface area contributed by atoms with Crippen molar-refractivity contribution < 1.29 is 9.18 Å². The zero-order valence-corrected chi connectivity index (χ0v) is 16.2. The lowest BCUT2D eigenvalue weighted by molar-refractivity contribution is -0.120. The molecule has 144 valence electrons. The largest absolute Gasteiger partial charge is 0.351 e. The average Bonchev–Trinajstić information content (AvgIpc) is 2.70. The number of benzene rings is 2. The van der Waals surface area contributed by atoms with Gasteiger partial charge in [0, 0.05) is 13.1 Å². The molecule has 0 aliphatic rings. The molecule has 28 heavy (non-hydrogen) atoms. The molecule has 1 atom stereocenters. The number of nitrogens with zero attached hydrogens (tertiary/aromatic N) is 2. The maximum atomic E-state index is 13.0. The highest BCUT2D eigenvalue weighted by Gasteiger charge is 2.19. The molecule has 0 radical (unpaired) electrons. The van der Waals surface area contributed by atoms with Crippen molar-refractivity contribution in [2.75, 3.05) is 0 Å². The van der Waals surface area contributed by atoms with Gasteiger partial charge in [-0.15, -0.1) is 6.58 Å². The summed E-state index contributed by atoms with van der Waals surface area (Å²) < 4.78 is 14.5. The quantitative estimate of drug-likeness (QED) is 0.376. The maximum absolute atomic E-state index is 13.0. The predicted octanol–water partition coefficient (Wildman–Crippen LogP) is 3.52. The normalized spacial score (nSPS) is 11.9. The summed E-state index contributed by atoms with van der Waals surface area (Å²) in [5, 5.41) is 3.35. The van der Waals surface area contributed by atoms with E-state index in [1.165, 1.54) is 28.5 Å². The molecule has 0 fully saturated rings. The Hall–Kier alpha value is -2.93. The molecule has 0 saturated carbocycles. The standard InChI is InChI=1S/C21H20FN3O2S/c1-3-12-25-20(27)17-6-4-5-7-18(17)24-21(25)28-14(2)19(26)23-13-15-8-10-16(22)11-9-15/h3-11,14H,1,12-13H2,2H3,(H,23,26)/t14-/m0/s1. The molecule has 0 unspecified atom stereocenters. The van der Waals surface area contributed by atoms with E-state index in [9.17, 15) is 14.0 Å². The van der Waals surface area contributed by atoms with E-state index in [0.29, 0.717) is 29.1 Å². The number of allylic oxidation sites excluding steroid dienone is 1. The summed E-state index contributed by atoms with van der Waals surface area (Å²) >= 11 is 1.22. The van der Waals surface area contributed by atoms with Crippen LogP contribution in [0, 0.1) is 5.82 Å². The van der Waals surface area contributed by atoms with Crippen LogP contribution in [0.4, 0.5) is 4.39 Å². The molecule has 1 N–H and O–H groups in total. The summed E-state index contributed by atoms with van der Waals surface area (Å²) in [6.45, 7) is 6.06. The van der Waals surface area contributed by atoms with Gasteiger partial charge in [0.1, 0.15) is 5.82 Å². The van der Waals surface area contributed by atoms with E-state index >= 15 is 0 Å². The van der Waals surface area contributed by atoms with Crippen LogP contribution < -0.4 is 10.9 Å². The summed E-state index contributed by atoms with van der Waals surface area (Å²) in [6.07, 6.45) is 1.63. The molecule has 0 bridgehead atoms. The van der Waals surface area contributed by atoms with Crippen molar-refractivity contribution in [1.82, 2.24) is 14.9 Å². The number of carbonyl (C=O) groups is 1. The summed E-state index contributed by atoms with van der Waals surface area (Å²) in [7, 11) is 0. The van der Waals surface area contributed by atoms with Crippen LogP contribution in [0.1, 0.15) is 12.5 Å². The van der Waals surface area contributed by atoms with E-state index in [1.54, 1.807) is 43.3 Å². The summed E-state index contributed by atoms with van der Waals surface area (Å²) in [4.78, 5) is 29.8. The lowest BCUT2D eigenvalue weighted by Crippen LogP contribution is -2.31. The van der Waals surface area contributed by atoms with E-state index in [1.807, 2.05) is 6.07 Å². The number of carbonyl (C=O) groups excluding carboxylic acids is 1. The molecule has 7 heteroatoms. The predicted molar refractivity (Wildman–Crippen MR) is 110 cm³/mol. The Bertz CT molecular complexity index is 1060. The van der Waals surface area contributed by atoms with Crippen molar-refractivity contribution >= 4 is 28.6 Å². The second-order valence-electron chi connectivity index (χ2n) is 6.22. The molecule has 2 aromatic carbocycles. The van der Waals surface area contributed by atoms with Gasteiger partial charge in [-0.05, 0) is 36.8 Å². The van der Waals surface area contributed by atoms with Gasteiger partial charge in [0.2, 0.25) is 5.91 Å². The summed E-state index contributed by atoms with van der Waals surface area (Å²) in [5.41, 5.74) is 1.24. The van der Waals surface area contributed by atoms with Crippen LogP contribution in [0.25, 0.3) is 10.9 Å². The van der Waals surface area contributed by atoms with Crippen molar-refractivity contribution in [1.29, 1.82) is 0 Å². The van der Waals surface area contributed by atoms with Gasteiger partial charge in [0.05, 0.1) is 16.2 Å². The Morgan fingerprint density at radius 2 is 2.00 bits per heavy atom. The molecular formula is C21H20FN3O2S. The van der Waals surface area contributed by atoms with Gasteiger partial charge in [-0.2, -0.15) is 0 Å². The third-order valence-corrected chi connectivity index (χ3v) is 5.26.